The van der Waals surface area contributed by atoms with E-state index in [0.717, 1.165) is 11.4 Å². The lowest BCUT2D eigenvalue weighted by atomic mass is 10.2. The summed E-state index contributed by atoms with van der Waals surface area (Å²) in [5.74, 6) is 0.875. The first-order valence-electron chi connectivity index (χ1n) is 5.55. The molecule has 1 aromatic rings. The van der Waals surface area contributed by atoms with Gasteiger partial charge in [0.15, 0.2) is 0 Å². The summed E-state index contributed by atoms with van der Waals surface area (Å²) in [5, 5.41) is 6.78. The van der Waals surface area contributed by atoms with Crippen molar-refractivity contribution < 1.29 is 4.79 Å². The number of amides is 1. The average molecular weight is 283 g/mol. The maximum absolute atomic E-state index is 11.8. The van der Waals surface area contributed by atoms with Gasteiger partial charge in [-0.25, -0.2) is 0 Å². The van der Waals surface area contributed by atoms with Crippen LogP contribution in [0, 0.1) is 0 Å². The first-order chi connectivity index (χ1) is 8.77. The molecule has 1 rings (SSSR count). The number of nitrogens with zero attached hydrogens (tertiary/aromatic N) is 1. The van der Waals surface area contributed by atoms with Crippen LogP contribution in [0.2, 0.25) is 0 Å². The van der Waals surface area contributed by atoms with E-state index >= 15 is 0 Å². The van der Waals surface area contributed by atoms with Crippen LogP contribution in [0.1, 0.15) is 17.3 Å². The van der Waals surface area contributed by atoms with Crippen molar-refractivity contribution >= 4 is 39.4 Å². The van der Waals surface area contributed by atoms with E-state index in [1.807, 2.05) is 25.3 Å². The van der Waals surface area contributed by atoms with Crippen molar-refractivity contribution in [3.63, 3.8) is 0 Å². The maximum atomic E-state index is 11.8. The highest BCUT2D eigenvalue weighted by Crippen LogP contribution is 2.15. The van der Waals surface area contributed by atoms with Crippen LogP contribution in [0.15, 0.2) is 29.4 Å². The number of benzene rings is 1. The summed E-state index contributed by atoms with van der Waals surface area (Å²) >= 11 is 0. The second kappa shape index (κ2) is 8.88. The Bertz CT molecular complexity index is 393. The quantitative estimate of drug-likeness (QED) is 0.350. The number of rotatable bonds is 7. The molecule has 0 saturated carbocycles. The van der Waals surface area contributed by atoms with E-state index in [-0.39, 0.29) is 5.91 Å². The van der Waals surface area contributed by atoms with Gasteiger partial charge in [0.2, 0.25) is 0 Å². The monoisotopic (exact) mass is 283 g/mol. The Kier molecular flexibility index (Phi) is 7.36. The Morgan fingerprint density at radius 3 is 2.72 bits per heavy atom. The maximum Gasteiger partial charge on any atom is 0.251 e. The second-order valence-electron chi connectivity index (χ2n) is 3.32. The standard InChI is InChI=1S/C12H17N3OS2/c1-3-14-15-11-6-4-10(5-7-11)12(16)13-8-9-18-17-2/h3-7,15H,8-9H2,1-2H3,(H,13,16)/b14-3+. The van der Waals surface area contributed by atoms with Crippen LogP contribution in [-0.4, -0.2) is 30.7 Å². The van der Waals surface area contributed by atoms with Gasteiger partial charge in [0.25, 0.3) is 5.91 Å². The van der Waals surface area contributed by atoms with Gasteiger partial charge in [0.05, 0.1) is 5.69 Å². The van der Waals surface area contributed by atoms with E-state index in [0.29, 0.717) is 12.1 Å². The number of carbonyl (C=O) groups is 1. The highest BCUT2D eigenvalue weighted by Gasteiger charge is 2.04. The lowest BCUT2D eigenvalue weighted by Gasteiger charge is -2.05. The van der Waals surface area contributed by atoms with Gasteiger partial charge in [-0.05, 0) is 37.4 Å². The molecule has 1 aromatic carbocycles. The van der Waals surface area contributed by atoms with Crippen LogP contribution < -0.4 is 10.7 Å². The van der Waals surface area contributed by atoms with Crippen LogP contribution in [0.3, 0.4) is 0 Å². The number of nitrogens with one attached hydrogen (secondary N) is 2. The minimum atomic E-state index is -0.0396. The molecule has 1 amide bonds. The summed E-state index contributed by atoms with van der Waals surface area (Å²) in [4.78, 5) is 11.8. The molecule has 98 valence electrons. The summed E-state index contributed by atoms with van der Waals surface area (Å²) in [6.07, 6.45) is 3.70. The van der Waals surface area contributed by atoms with E-state index in [4.69, 9.17) is 0 Å². The molecule has 0 aliphatic carbocycles. The molecular formula is C12H17N3OS2. The van der Waals surface area contributed by atoms with Crippen LogP contribution >= 0.6 is 21.6 Å². The normalized spacial score (nSPS) is 10.6. The predicted molar refractivity (Wildman–Crippen MR) is 82.5 cm³/mol. The molecule has 0 fully saturated rings. The molecule has 0 radical (unpaired) electrons. The molecule has 0 aliphatic heterocycles. The Balaban J connectivity index is 2.43. The zero-order valence-corrected chi connectivity index (χ0v) is 12.1. The van der Waals surface area contributed by atoms with E-state index in [2.05, 4.69) is 15.8 Å². The molecule has 0 saturated heterocycles. The molecule has 6 heteroatoms. The summed E-state index contributed by atoms with van der Waals surface area (Å²) in [5.41, 5.74) is 4.38. The first kappa shape index (κ1) is 14.9. The van der Waals surface area contributed by atoms with Gasteiger partial charge in [-0.1, -0.05) is 21.6 Å². The third kappa shape index (κ3) is 5.46. The Labute approximate surface area is 115 Å². The third-order valence-corrected chi connectivity index (χ3v) is 3.87. The minimum Gasteiger partial charge on any atom is -0.351 e. The zero-order valence-electron chi connectivity index (χ0n) is 10.5. The van der Waals surface area contributed by atoms with Gasteiger partial charge in [0.1, 0.15) is 0 Å². The van der Waals surface area contributed by atoms with Gasteiger partial charge >= 0.3 is 0 Å². The summed E-state index contributed by atoms with van der Waals surface area (Å²) in [7, 11) is 3.44. The van der Waals surface area contributed by atoms with E-state index in [1.165, 1.54) is 0 Å². The number of hydrazone groups is 1. The topological polar surface area (TPSA) is 53.5 Å². The van der Waals surface area contributed by atoms with E-state index in [9.17, 15) is 4.79 Å². The van der Waals surface area contributed by atoms with Gasteiger partial charge in [-0.3, -0.25) is 10.2 Å². The van der Waals surface area contributed by atoms with Crippen LogP contribution in [0.5, 0.6) is 0 Å². The molecule has 0 atom stereocenters. The predicted octanol–water partition coefficient (Wildman–Crippen LogP) is 2.85. The van der Waals surface area contributed by atoms with Gasteiger partial charge in [-0.2, -0.15) is 5.10 Å². The number of hydrogen-bond acceptors (Lipinski definition) is 5. The summed E-state index contributed by atoms with van der Waals surface area (Å²) < 4.78 is 0. The largest absolute Gasteiger partial charge is 0.351 e. The fraction of sp³-hybridized carbons (Fsp3) is 0.333. The second-order valence-corrected chi connectivity index (χ2v) is 6.01. The Hall–Kier alpha value is -1.14. The van der Waals surface area contributed by atoms with Crippen molar-refractivity contribution in [2.45, 2.75) is 6.92 Å². The van der Waals surface area contributed by atoms with Crippen LogP contribution in [-0.2, 0) is 0 Å². The molecule has 0 aromatic heterocycles. The molecule has 0 aliphatic rings. The van der Waals surface area contributed by atoms with Crippen molar-refractivity contribution in [3.8, 4) is 0 Å². The van der Waals surface area contributed by atoms with Crippen molar-refractivity contribution in [2.24, 2.45) is 5.10 Å². The van der Waals surface area contributed by atoms with Gasteiger partial charge in [0, 0.05) is 24.1 Å². The zero-order chi connectivity index (χ0) is 13.2. The summed E-state index contributed by atoms with van der Waals surface area (Å²) in [6, 6.07) is 7.23. The Morgan fingerprint density at radius 2 is 2.11 bits per heavy atom. The van der Waals surface area contributed by atoms with Crippen LogP contribution in [0.25, 0.3) is 0 Å². The van der Waals surface area contributed by atoms with Crippen molar-refractivity contribution in [1.82, 2.24) is 5.32 Å². The Morgan fingerprint density at radius 1 is 1.39 bits per heavy atom. The molecule has 4 nitrogen and oxygen atoms in total. The smallest absolute Gasteiger partial charge is 0.251 e. The molecule has 2 N–H and O–H groups in total. The lowest BCUT2D eigenvalue weighted by Crippen LogP contribution is -2.25. The fourth-order valence-corrected chi connectivity index (χ4v) is 2.33. The average Bonchev–Trinajstić information content (AvgIpc) is 2.41. The third-order valence-electron chi connectivity index (χ3n) is 2.06. The van der Waals surface area contributed by atoms with Gasteiger partial charge in [-0.15, -0.1) is 0 Å². The number of anilines is 1. The molecular weight excluding hydrogens is 266 g/mol. The lowest BCUT2D eigenvalue weighted by molar-refractivity contribution is 0.0956. The fourth-order valence-electron chi connectivity index (χ4n) is 1.23. The molecule has 18 heavy (non-hydrogen) atoms. The summed E-state index contributed by atoms with van der Waals surface area (Å²) in [6.45, 7) is 2.52. The molecule has 0 unspecified atom stereocenters. The molecule has 0 heterocycles. The van der Waals surface area contributed by atoms with Crippen molar-refractivity contribution in [3.05, 3.63) is 29.8 Å². The number of hydrogen-bond donors (Lipinski definition) is 2. The molecule has 0 bridgehead atoms. The van der Waals surface area contributed by atoms with Gasteiger partial charge < -0.3 is 5.32 Å². The van der Waals surface area contributed by atoms with Crippen molar-refractivity contribution in [2.75, 3.05) is 24.0 Å². The van der Waals surface area contributed by atoms with Crippen molar-refractivity contribution in [1.29, 1.82) is 0 Å². The first-order valence-corrected chi connectivity index (χ1v) is 8.28. The van der Waals surface area contributed by atoms with Crippen LogP contribution in [0.4, 0.5) is 5.69 Å². The molecule has 0 spiro atoms. The number of carbonyl (C=O) groups excluding carboxylic acids is 1. The van der Waals surface area contributed by atoms with E-state index < -0.39 is 0 Å². The minimum absolute atomic E-state index is 0.0396. The highest BCUT2D eigenvalue weighted by atomic mass is 33.1. The SMILES string of the molecule is C/C=N/Nc1ccc(C(=O)NCCSSC)cc1. The van der Waals surface area contributed by atoms with E-state index in [1.54, 1.807) is 39.9 Å². The highest BCUT2D eigenvalue weighted by molar-refractivity contribution is 8.76.